The molecule has 7 heteroatoms. The van der Waals surface area contributed by atoms with E-state index >= 15 is 0 Å². The Bertz CT molecular complexity index is 1390. The van der Waals surface area contributed by atoms with Crippen LogP contribution in [0.2, 0.25) is 0 Å². The number of β-amino-alcohol motifs (C(OH)–C–C–N with tert-alkyl or cyclic N) is 1. The van der Waals surface area contributed by atoms with Crippen LogP contribution >= 0.6 is 0 Å². The maximum absolute atomic E-state index is 12.7. The van der Waals surface area contributed by atoms with Crippen LogP contribution in [-0.2, 0) is 24.2 Å². The summed E-state index contributed by atoms with van der Waals surface area (Å²) >= 11 is 0. The second-order valence-corrected chi connectivity index (χ2v) is 10.5. The zero-order chi connectivity index (χ0) is 27.8. The molecule has 0 aliphatic carbocycles. The van der Waals surface area contributed by atoms with Crippen LogP contribution in [0.1, 0.15) is 42.2 Å². The molecule has 39 heavy (non-hydrogen) atoms. The van der Waals surface area contributed by atoms with Crippen molar-refractivity contribution < 1.29 is 15.0 Å². The number of hydrogen-bond donors (Lipinski definition) is 5. The SMILES string of the molecule is CC(C)(Cc1cccc(CC(=O)NCc2cccc(-c3ccc(O)cc3)c2)c1)NCC(O)c1ccc(N)nc1. The summed E-state index contributed by atoms with van der Waals surface area (Å²) in [5.41, 5.74) is 11.2. The molecule has 1 amide bonds. The first-order chi connectivity index (χ1) is 18.7. The number of phenols is 1. The van der Waals surface area contributed by atoms with Gasteiger partial charge in [0.2, 0.25) is 5.91 Å². The molecule has 0 bridgehead atoms. The van der Waals surface area contributed by atoms with Crippen molar-refractivity contribution in [3.8, 4) is 16.9 Å². The molecule has 4 aromatic rings. The van der Waals surface area contributed by atoms with Gasteiger partial charge < -0.3 is 26.6 Å². The lowest BCUT2D eigenvalue weighted by molar-refractivity contribution is -0.120. The van der Waals surface area contributed by atoms with Gasteiger partial charge in [-0.1, -0.05) is 60.7 Å². The normalized spacial score (nSPS) is 12.2. The van der Waals surface area contributed by atoms with Gasteiger partial charge in [0, 0.05) is 30.4 Å². The molecule has 0 fully saturated rings. The van der Waals surface area contributed by atoms with E-state index in [2.05, 4.69) is 41.6 Å². The standard InChI is InChI=1S/C32H36N4O3/c1-32(2,36-21-29(38)27-11-14-30(33)34-20-27)18-23-6-3-5-22(15-23)17-31(39)35-19-24-7-4-8-26(16-24)25-9-12-28(37)13-10-25/h3-16,20,29,36-38H,17-19,21H2,1-2H3,(H2,33,34)(H,35,39). The Hall–Kier alpha value is -4.20. The van der Waals surface area contributed by atoms with E-state index in [1.54, 1.807) is 30.5 Å². The number of carbonyl (C=O) groups excluding carboxylic acids is 1. The number of carbonyl (C=O) groups is 1. The molecular formula is C32H36N4O3. The number of aliphatic hydroxyl groups is 1. The molecule has 1 aromatic heterocycles. The molecule has 1 heterocycles. The summed E-state index contributed by atoms with van der Waals surface area (Å²) in [6.45, 7) is 5.00. The third kappa shape index (κ3) is 8.40. The number of phenolic OH excluding ortho intramolecular Hbond substituents is 1. The minimum atomic E-state index is -0.686. The lowest BCUT2D eigenvalue weighted by Gasteiger charge is -2.28. The first kappa shape index (κ1) is 27.8. The van der Waals surface area contributed by atoms with E-state index in [1.807, 2.05) is 48.5 Å². The largest absolute Gasteiger partial charge is 0.508 e. The Morgan fingerprint density at radius 3 is 2.38 bits per heavy atom. The highest BCUT2D eigenvalue weighted by molar-refractivity contribution is 5.78. The molecule has 3 aromatic carbocycles. The molecule has 0 aliphatic heterocycles. The van der Waals surface area contributed by atoms with Crippen molar-refractivity contribution in [2.45, 2.75) is 44.9 Å². The number of pyridine rings is 1. The number of amides is 1. The minimum Gasteiger partial charge on any atom is -0.508 e. The summed E-state index contributed by atoms with van der Waals surface area (Å²) in [6, 6.07) is 26.6. The number of nitrogen functional groups attached to an aromatic ring is 1. The molecule has 1 unspecified atom stereocenters. The molecular weight excluding hydrogens is 488 g/mol. The quantitative estimate of drug-likeness (QED) is 0.196. The summed E-state index contributed by atoms with van der Waals surface area (Å²) in [5.74, 6) is 0.615. The Kier molecular flexibility index (Phi) is 8.96. The smallest absolute Gasteiger partial charge is 0.224 e. The number of benzene rings is 3. The Morgan fingerprint density at radius 2 is 1.64 bits per heavy atom. The number of aromatic nitrogens is 1. The fourth-order valence-electron chi connectivity index (χ4n) is 4.49. The molecule has 7 nitrogen and oxygen atoms in total. The summed E-state index contributed by atoms with van der Waals surface area (Å²) in [5, 5.41) is 26.5. The molecule has 0 aliphatic rings. The molecule has 0 saturated heterocycles. The highest BCUT2D eigenvalue weighted by Gasteiger charge is 2.20. The van der Waals surface area contributed by atoms with Crippen LogP contribution in [0.5, 0.6) is 5.75 Å². The van der Waals surface area contributed by atoms with Crippen molar-refractivity contribution in [3.63, 3.8) is 0 Å². The first-order valence-corrected chi connectivity index (χ1v) is 13.0. The maximum atomic E-state index is 12.7. The highest BCUT2D eigenvalue weighted by atomic mass is 16.3. The van der Waals surface area contributed by atoms with E-state index in [9.17, 15) is 15.0 Å². The van der Waals surface area contributed by atoms with Crippen LogP contribution in [0.25, 0.3) is 11.1 Å². The van der Waals surface area contributed by atoms with E-state index in [1.165, 1.54) is 0 Å². The summed E-state index contributed by atoms with van der Waals surface area (Å²) in [6.07, 6.45) is 1.94. The lowest BCUT2D eigenvalue weighted by Crippen LogP contribution is -2.43. The van der Waals surface area contributed by atoms with E-state index < -0.39 is 6.10 Å². The fraction of sp³-hybridized carbons (Fsp3) is 0.250. The molecule has 6 N–H and O–H groups in total. The molecule has 0 spiro atoms. The van der Waals surface area contributed by atoms with Crippen LogP contribution in [0.3, 0.4) is 0 Å². The first-order valence-electron chi connectivity index (χ1n) is 13.0. The predicted octanol–water partition coefficient (Wildman–Crippen LogP) is 4.54. The average Bonchev–Trinajstić information content (AvgIpc) is 2.91. The van der Waals surface area contributed by atoms with Gasteiger partial charge in [0.25, 0.3) is 0 Å². The molecule has 202 valence electrons. The van der Waals surface area contributed by atoms with Crippen molar-refractivity contribution in [1.29, 1.82) is 0 Å². The third-order valence-electron chi connectivity index (χ3n) is 6.59. The number of hydrogen-bond acceptors (Lipinski definition) is 6. The zero-order valence-corrected chi connectivity index (χ0v) is 22.4. The fourth-order valence-corrected chi connectivity index (χ4v) is 4.49. The number of nitrogens with two attached hydrogens (primary N) is 1. The van der Waals surface area contributed by atoms with Gasteiger partial charge in [-0.15, -0.1) is 0 Å². The topological polar surface area (TPSA) is 120 Å². The van der Waals surface area contributed by atoms with Gasteiger partial charge in [0.05, 0.1) is 12.5 Å². The molecule has 1 atom stereocenters. The second kappa shape index (κ2) is 12.6. The number of aliphatic hydroxyl groups excluding tert-OH is 1. The Morgan fingerprint density at radius 1 is 0.923 bits per heavy atom. The van der Waals surface area contributed by atoms with Gasteiger partial charge in [-0.3, -0.25) is 4.79 Å². The van der Waals surface area contributed by atoms with Gasteiger partial charge in [-0.25, -0.2) is 4.98 Å². The number of anilines is 1. The van der Waals surface area contributed by atoms with Crippen LogP contribution in [0.15, 0.2) is 91.1 Å². The monoisotopic (exact) mass is 524 g/mol. The summed E-state index contributed by atoms with van der Waals surface area (Å²) in [7, 11) is 0. The van der Waals surface area contributed by atoms with E-state index in [4.69, 9.17) is 5.73 Å². The molecule has 0 saturated carbocycles. The number of nitrogens with one attached hydrogen (secondary N) is 2. The van der Waals surface area contributed by atoms with Crippen LogP contribution in [0, 0.1) is 0 Å². The highest BCUT2D eigenvalue weighted by Crippen LogP contribution is 2.23. The van der Waals surface area contributed by atoms with Gasteiger partial charge >= 0.3 is 0 Å². The van der Waals surface area contributed by atoms with E-state index in [-0.39, 0.29) is 17.2 Å². The second-order valence-electron chi connectivity index (χ2n) is 10.5. The average molecular weight is 525 g/mol. The van der Waals surface area contributed by atoms with E-state index in [0.29, 0.717) is 30.9 Å². The van der Waals surface area contributed by atoms with Crippen molar-refractivity contribution in [2.24, 2.45) is 0 Å². The predicted molar refractivity (Wildman–Crippen MR) is 155 cm³/mol. The van der Waals surface area contributed by atoms with Crippen molar-refractivity contribution >= 4 is 11.7 Å². The maximum Gasteiger partial charge on any atom is 0.224 e. The van der Waals surface area contributed by atoms with Gasteiger partial charge in [-0.2, -0.15) is 0 Å². The number of nitrogens with zero attached hydrogens (tertiary/aromatic N) is 1. The zero-order valence-electron chi connectivity index (χ0n) is 22.4. The van der Waals surface area contributed by atoms with Gasteiger partial charge in [-0.05, 0) is 72.4 Å². The van der Waals surface area contributed by atoms with Crippen LogP contribution in [0.4, 0.5) is 5.82 Å². The lowest BCUT2D eigenvalue weighted by atomic mass is 9.93. The van der Waals surface area contributed by atoms with Crippen LogP contribution in [-0.4, -0.2) is 33.2 Å². The van der Waals surface area contributed by atoms with Crippen molar-refractivity contribution in [1.82, 2.24) is 15.6 Å². The number of aromatic hydroxyl groups is 1. The Labute approximate surface area is 229 Å². The van der Waals surface area contributed by atoms with Crippen LogP contribution < -0.4 is 16.4 Å². The summed E-state index contributed by atoms with van der Waals surface area (Å²) < 4.78 is 0. The molecule has 0 radical (unpaired) electrons. The molecule has 4 rings (SSSR count). The van der Waals surface area contributed by atoms with Crippen molar-refractivity contribution in [2.75, 3.05) is 12.3 Å². The van der Waals surface area contributed by atoms with Crippen molar-refractivity contribution in [3.05, 3.63) is 113 Å². The van der Waals surface area contributed by atoms with E-state index in [0.717, 1.165) is 34.2 Å². The Balaban J connectivity index is 1.28. The third-order valence-corrected chi connectivity index (χ3v) is 6.59. The summed E-state index contributed by atoms with van der Waals surface area (Å²) in [4.78, 5) is 16.8. The minimum absolute atomic E-state index is 0.0419. The van der Waals surface area contributed by atoms with Gasteiger partial charge in [0.15, 0.2) is 0 Å². The number of rotatable bonds is 11. The van der Waals surface area contributed by atoms with Gasteiger partial charge in [0.1, 0.15) is 11.6 Å².